The summed E-state index contributed by atoms with van der Waals surface area (Å²) in [6.07, 6.45) is 9.90. The van der Waals surface area contributed by atoms with Crippen molar-refractivity contribution in [2.75, 3.05) is 18.9 Å². The maximum absolute atomic E-state index is 3.48. The summed E-state index contributed by atoms with van der Waals surface area (Å²) < 4.78 is 0. The lowest BCUT2D eigenvalue weighted by Crippen LogP contribution is -2.34. The van der Waals surface area contributed by atoms with Gasteiger partial charge in [0.2, 0.25) is 0 Å². The molecule has 0 saturated heterocycles. The number of nitrogens with zero attached hydrogens (tertiary/aromatic N) is 1. The van der Waals surface area contributed by atoms with Crippen LogP contribution in [0.3, 0.4) is 0 Å². The Bertz CT molecular complexity index is 121. The fraction of sp³-hybridized carbons (Fsp3) is 1.00. The Morgan fingerprint density at radius 3 is 2.46 bits per heavy atom. The second-order valence-electron chi connectivity index (χ2n) is 4.17. The third-order valence-electron chi connectivity index (χ3n) is 3.09. The lowest BCUT2D eigenvalue weighted by atomic mass is 9.94. The molecule has 0 bridgehead atoms. The van der Waals surface area contributed by atoms with E-state index in [1.165, 1.54) is 51.5 Å². The van der Waals surface area contributed by atoms with Crippen molar-refractivity contribution in [2.45, 2.75) is 51.0 Å². The van der Waals surface area contributed by atoms with Crippen LogP contribution in [0.2, 0.25) is 0 Å². The van der Waals surface area contributed by atoms with E-state index in [1.807, 2.05) is 0 Å². The first-order chi connectivity index (χ1) is 6.34. The molecule has 1 rings (SSSR count). The van der Waals surface area contributed by atoms with Gasteiger partial charge >= 0.3 is 0 Å². The zero-order valence-corrected chi connectivity index (χ0v) is 10.4. The van der Waals surface area contributed by atoms with E-state index >= 15 is 0 Å². The van der Waals surface area contributed by atoms with E-state index in [0.29, 0.717) is 0 Å². The van der Waals surface area contributed by atoms with Gasteiger partial charge in [-0.2, -0.15) is 0 Å². The summed E-state index contributed by atoms with van der Waals surface area (Å²) in [4.78, 5) is 2.57. The van der Waals surface area contributed by atoms with Crippen molar-refractivity contribution in [1.82, 2.24) is 4.90 Å². The Labute approximate surface area is 91.0 Å². The van der Waals surface area contributed by atoms with E-state index in [2.05, 4.69) is 27.9 Å². The van der Waals surface area contributed by atoms with E-state index in [-0.39, 0.29) is 0 Å². The number of rotatable bonds is 5. The van der Waals surface area contributed by atoms with Gasteiger partial charge < -0.3 is 4.90 Å². The fourth-order valence-corrected chi connectivity index (χ4v) is 2.56. The third-order valence-corrected chi connectivity index (χ3v) is 3.65. The minimum absolute atomic E-state index is 0.893. The summed E-state index contributed by atoms with van der Waals surface area (Å²) in [5.74, 6) is 0. The summed E-state index contributed by atoms with van der Waals surface area (Å²) in [5.41, 5.74) is 0. The van der Waals surface area contributed by atoms with Gasteiger partial charge in [-0.25, -0.2) is 0 Å². The zero-order valence-electron chi connectivity index (χ0n) is 8.77. The molecule has 0 spiro atoms. The predicted molar refractivity (Wildman–Crippen MR) is 62.5 cm³/mol. The Kier molecular flexibility index (Phi) is 6.05. The summed E-state index contributed by atoms with van der Waals surface area (Å²) in [6.45, 7) is 1.29. The SMILES string of the molecule is CN(CCCCBr)C1CCCCC1. The van der Waals surface area contributed by atoms with E-state index in [4.69, 9.17) is 0 Å². The lowest BCUT2D eigenvalue weighted by molar-refractivity contribution is 0.190. The first-order valence-electron chi connectivity index (χ1n) is 5.61. The van der Waals surface area contributed by atoms with Gasteiger partial charge in [0, 0.05) is 11.4 Å². The van der Waals surface area contributed by atoms with Crippen molar-refractivity contribution in [3.8, 4) is 0 Å². The summed E-state index contributed by atoms with van der Waals surface area (Å²) in [7, 11) is 2.30. The zero-order chi connectivity index (χ0) is 9.52. The Balaban J connectivity index is 2.09. The van der Waals surface area contributed by atoms with Gasteiger partial charge in [0.25, 0.3) is 0 Å². The van der Waals surface area contributed by atoms with Crippen LogP contribution >= 0.6 is 15.9 Å². The van der Waals surface area contributed by atoms with E-state index in [9.17, 15) is 0 Å². The van der Waals surface area contributed by atoms with E-state index in [1.54, 1.807) is 0 Å². The van der Waals surface area contributed by atoms with Crippen molar-refractivity contribution in [3.05, 3.63) is 0 Å². The molecule has 0 aromatic carbocycles. The summed E-state index contributed by atoms with van der Waals surface area (Å²) in [5, 5.41) is 1.16. The average Bonchev–Trinajstić information content (AvgIpc) is 2.19. The molecule has 2 heteroatoms. The van der Waals surface area contributed by atoms with Crippen molar-refractivity contribution in [3.63, 3.8) is 0 Å². The Morgan fingerprint density at radius 1 is 1.15 bits per heavy atom. The fourth-order valence-electron chi connectivity index (χ4n) is 2.16. The topological polar surface area (TPSA) is 3.24 Å². The van der Waals surface area contributed by atoms with Gasteiger partial charge in [0.1, 0.15) is 0 Å². The Hall–Kier alpha value is 0.440. The molecular formula is C11H22BrN. The van der Waals surface area contributed by atoms with Gasteiger partial charge in [-0.05, 0) is 39.3 Å². The molecule has 0 heterocycles. The Morgan fingerprint density at radius 2 is 1.85 bits per heavy atom. The van der Waals surface area contributed by atoms with Crippen LogP contribution in [-0.4, -0.2) is 29.9 Å². The number of alkyl halides is 1. The highest BCUT2D eigenvalue weighted by atomic mass is 79.9. The largest absolute Gasteiger partial charge is 0.303 e. The molecular weight excluding hydrogens is 226 g/mol. The highest BCUT2D eigenvalue weighted by Crippen LogP contribution is 2.21. The van der Waals surface area contributed by atoms with E-state index in [0.717, 1.165) is 11.4 Å². The average molecular weight is 248 g/mol. The second kappa shape index (κ2) is 6.83. The first kappa shape index (κ1) is 11.5. The van der Waals surface area contributed by atoms with Crippen LogP contribution in [0.1, 0.15) is 44.9 Å². The lowest BCUT2D eigenvalue weighted by Gasteiger charge is -2.31. The van der Waals surface area contributed by atoms with Gasteiger partial charge in [-0.15, -0.1) is 0 Å². The van der Waals surface area contributed by atoms with Crippen molar-refractivity contribution < 1.29 is 0 Å². The quantitative estimate of drug-likeness (QED) is 0.532. The van der Waals surface area contributed by atoms with Crippen LogP contribution in [0.4, 0.5) is 0 Å². The smallest absolute Gasteiger partial charge is 0.00922 e. The highest BCUT2D eigenvalue weighted by Gasteiger charge is 2.16. The number of hydrogen-bond acceptors (Lipinski definition) is 1. The minimum Gasteiger partial charge on any atom is -0.303 e. The molecule has 1 nitrogen and oxygen atoms in total. The van der Waals surface area contributed by atoms with Crippen LogP contribution in [0.25, 0.3) is 0 Å². The molecule has 1 saturated carbocycles. The monoisotopic (exact) mass is 247 g/mol. The molecule has 0 aromatic rings. The van der Waals surface area contributed by atoms with Crippen LogP contribution < -0.4 is 0 Å². The molecule has 0 unspecified atom stereocenters. The molecule has 0 aromatic heterocycles. The summed E-state index contributed by atoms with van der Waals surface area (Å²) >= 11 is 3.48. The maximum atomic E-state index is 3.48. The van der Waals surface area contributed by atoms with Crippen molar-refractivity contribution in [2.24, 2.45) is 0 Å². The van der Waals surface area contributed by atoms with Crippen LogP contribution in [0.5, 0.6) is 0 Å². The van der Waals surface area contributed by atoms with Crippen molar-refractivity contribution >= 4 is 15.9 Å². The second-order valence-corrected chi connectivity index (χ2v) is 4.96. The predicted octanol–water partition coefficient (Wildman–Crippen LogP) is 3.43. The third kappa shape index (κ3) is 4.46. The number of hydrogen-bond donors (Lipinski definition) is 0. The van der Waals surface area contributed by atoms with Crippen molar-refractivity contribution in [1.29, 1.82) is 0 Å². The number of unbranched alkanes of at least 4 members (excludes halogenated alkanes) is 1. The normalized spacial score (nSPS) is 19.6. The molecule has 0 N–H and O–H groups in total. The van der Waals surface area contributed by atoms with Crippen LogP contribution in [0, 0.1) is 0 Å². The molecule has 1 aliphatic rings. The maximum Gasteiger partial charge on any atom is 0.00922 e. The summed E-state index contributed by atoms with van der Waals surface area (Å²) in [6, 6.07) is 0.893. The van der Waals surface area contributed by atoms with E-state index < -0.39 is 0 Å². The highest BCUT2D eigenvalue weighted by molar-refractivity contribution is 9.09. The van der Waals surface area contributed by atoms with Gasteiger partial charge in [-0.3, -0.25) is 0 Å². The van der Waals surface area contributed by atoms with Gasteiger partial charge in [-0.1, -0.05) is 35.2 Å². The van der Waals surface area contributed by atoms with Gasteiger partial charge in [0.05, 0.1) is 0 Å². The molecule has 0 aliphatic heterocycles. The number of halogens is 1. The molecule has 78 valence electrons. The van der Waals surface area contributed by atoms with Crippen LogP contribution in [0.15, 0.2) is 0 Å². The molecule has 0 radical (unpaired) electrons. The molecule has 1 aliphatic carbocycles. The van der Waals surface area contributed by atoms with Gasteiger partial charge in [0.15, 0.2) is 0 Å². The standard InChI is InChI=1S/C11H22BrN/c1-13(10-6-5-9-12)11-7-3-2-4-8-11/h11H,2-10H2,1H3. The minimum atomic E-state index is 0.893. The first-order valence-corrected chi connectivity index (χ1v) is 6.73. The molecule has 0 amide bonds. The molecule has 0 atom stereocenters. The molecule has 13 heavy (non-hydrogen) atoms. The van der Waals surface area contributed by atoms with Crippen LogP contribution in [-0.2, 0) is 0 Å². The molecule has 1 fully saturated rings.